The van der Waals surface area contributed by atoms with Crippen LogP contribution in [0.15, 0.2) is 54.6 Å². The predicted octanol–water partition coefficient (Wildman–Crippen LogP) is 4.45. The number of carbonyl (C=O) groups is 1. The van der Waals surface area contributed by atoms with Gasteiger partial charge in [0.25, 0.3) is 5.91 Å². The van der Waals surface area contributed by atoms with Gasteiger partial charge in [-0.05, 0) is 31.0 Å². The summed E-state index contributed by atoms with van der Waals surface area (Å²) in [6.45, 7) is 4.59. The van der Waals surface area contributed by atoms with Crippen LogP contribution in [0.2, 0.25) is 0 Å². The van der Waals surface area contributed by atoms with E-state index in [1.54, 1.807) is 18.0 Å². The Kier molecular flexibility index (Phi) is 7.67. The molecule has 4 nitrogen and oxygen atoms in total. The maximum absolute atomic E-state index is 13.0. The molecule has 0 spiro atoms. The van der Waals surface area contributed by atoms with E-state index in [0.717, 1.165) is 24.8 Å². The SMILES string of the molecule is CCCCCOc1ccccc1C(=O)N(C)C(C)C(O)c1ccccc1. The Labute approximate surface area is 156 Å². The van der Waals surface area contributed by atoms with Crippen LogP contribution in [-0.4, -0.2) is 35.6 Å². The summed E-state index contributed by atoms with van der Waals surface area (Å²) >= 11 is 0. The normalized spacial score (nSPS) is 13.1. The van der Waals surface area contributed by atoms with E-state index in [4.69, 9.17) is 4.74 Å². The summed E-state index contributed by atoms with van der Waals surface area (Å²) in [4.78, 5) is 14.5. The molecule has 0 aliphatic rings. The third kappa shape index (κ3) is 5.09. The highest BCUT2D eigenvalue weighted by Gasteiger charge is 2.26. The number of aliphatic hydroxyl groups is 1. The molecule has 0 fully saturated rings. The number of aliphatic hydroxyl groups excluding tert-OH is 1. The van der Waals surface area contributed by atoms with Gasteiger partial charge in [-0.1, -0.05) is 62.2 Å². The molecular formula is C22H29NO3. The summed E-state index contributed by atoms with van der Waals surface area (Å²) in [5, 5.41) is 10.6. The molecule has 0 aliphatic heterocycles. The second kappa shape index (κ2) is 9.97. The highest BCUT2D eigenvalue weighted by Crippen LogP contribution is 2.25. The molecule has 0 aliphatic carbocycles. The highest BCUT2D eigenvalue weighted by molar-refractivity contribution is 5.97. The molecule has 2 unspecified atom stereocenters. The molecule has 2 aromatic carbocycles. The van der Waals surface area contributed by atoms with Crippen molar-refractivity contribution in [3.05, 3.63) is 65.7 Å². The zero-order valence-corrected chi connectivity index (χ0v) is 15.9. The Morgan fingerprint density at radius 2 is 1.73 bits per heavy atom. The number of likely N-dealkylation sites (N-methyl/N-ethyl adjacent to an activating group) is 1. The van der Waals surface area contributed by atoms with Crippen molar-refractivity contribution in [2.45, 2.75) is 45.3 Å². The number of hydrogen-bond acceptors (Lipinski definition) is 3. The van der Waals surface area contributed by atoms with Gasteiger partial charge in [-0.15, -0.1) is 0 Å². The van der Waals surface area contributed by atoms with Gasteiger partial charge in [0, 0.05) is 7.05 Å². The van der Waals surface area contributed by atoms with E-state index >= 15 is 0 Å². The van der Waals surface area contributed by atoms with E-state index in [2.05, 4.69) is 6.92 Å². The summed E-state index contributed by atoms with van der Waals surface area (Å²) < 4.78 is 5.83. The van der Waals surface area contributed by atoms with E-state index in [0.29, 0.717) is 17.9 Å². The van der Waals surface area contributed by atoms with Gasteiger partial charge >= 0.3 is 0 Å². The second-order valence-corrected chi connectivity index (χ2v) is 6.56. The van der Waals surface area contributed by atoms with Gasteiger partial charge in [0.1, 0.15) is 5.75 Å². The lowest BCUT2D eigenvalue weighted by Gasteiger charge is -2.29. The maximum Gasteiger partial charge on any atom is 0.257 e. The molecule has 2 rings (SSSR count). The Hall–Kier alpha value is -2.33. The zero-order chi connectivity index (χ0) is 18.9. The van der Waals surface area contributed by atoms with Gasteiger partial charge in [-0.2, -0.15) is 0 Å². The molecule has 0 saturated heterocycles. The van der Waals surface area contributed by atoms with Crippen molar-refractivity contribution in [3.8, 4) is 5.75 Å². The lowest BCUT2D eigenvalue weighted by atomic mass is 10.0. The minimum Gasteiger partial charge on any atom is -0.493 e. The summed E-state index contributed by atoms with van der Waals surface area (Å²) in [6, 6.07) is 16.3. The third-order valence-electron chi connectivity index (χ3n) is 4.65. The predicted molar refractivity (Wildman–Crippen MR) is 104 cm³/mol. The van der Waals surface area contributed by atoms with Crippen molar-refractivity contribution < 1.29 is 14.6 Å². The van der Waals surface area contributed by atoms with Gasteiger partial charge < -0.3 is 14.7 Å². The lowest BCUT2D eigenvalue weighted by molar-refractivity contribution is 0.0483. The first-order valence-corrected chi connectivity index (χ1v) is 9.28. The summed E-state index contributed by atoms with van der Waals surface area (Å²) in [7, 11) is 1.72. The molecule has 2 atom stereocenters. The van der Waals surface area contributed by atoms with Crippen LogP contribution < -0.4 is 4.74 Å². The largest absolute Gasteiger partial charge is 0.493 e. The van der Waals surface area contributed by atoms with Crippen LogP contribution in [0.5, 0.6) is 5.75 Å². The zero-order valence-electron chi connectivity index (χ0n) is 15.9. The fourth-order valence-corrected chi connectivity index (χ4v) is 2.82. The Morgan fingerprint density at radius 1 is 1.08 bits per heavy atom. The van der Waals surface area contributed by atoms with Crippen LogP contribution in [0.3, 0.4) is 0 Å². The van der Waals surface area contributed by atoms with Crippen molar-refractivity contribution in [2.75, 3.05) is 13.7 Å². The van der Waals surface area contributed by atoms with Crippen LogP contribution >= 0.6 is 0 Å². The van der Waals surface area contributed by atoms with Crippen LogP contribution in [0, 0.1) is 0 Å². The fourth-order valence-electron chi connectivity index (χ4n) is 2.82. The maximum atomic E-state index is 13.0. The summed E-state index contributed by atoms with van der Waals surface area (Å²) in [6.07, 6.45) is 2.46. The van der Waals surface area contributed by atoms with Gasteiger partial charge in [0.15, 0.2) is 0 Å². The Balaban J connectivity index is 2.10. The Morgan fingerprint density at radius 3 is 2.42 bits per heavy atom. The number of nitrogens with zero attached hydrogens (tertiary/aromatic N) is 1. The van der Waals surface area contributed by atoms with Crippen molar-refractivity contribution in [2.24, 2.45) is 0 Å². The standard InChI is InChI=1S/C22H29NO3/c1-4-5-11-16-26-20-15-10-9-14-19(20)22(25)23(3)17(2)21(24)18-12-7-6-8-13-18/h6-10,12-15,17,21,24H,4-5,11,16H2,1-3H3. The monoisotopic (exact) mass is 355 g/mol. The number of rotatable bonds is 9. The first kappa shape index (κ1) is 20.0. The van der Waals surface area contributed by atoms with Crippen LogP contribution in [0.1, 0.15) is 55.1 Å². The summed E-state index contributed by atoms with van der Waals surface area (Å²) in [5.41, 5.74) is 1.32. The minimum atomic E-state index is -0.747. The smallest absolute Gasteiger partial charge is 0.257 e. The molecule has 0 radical (unpaired) electrons. The van der Waals surface area contributed by atoms with Gasteiger partial charge in [0.2, 0.25) is 0 Å². The Bertz CT molecular complexity index is 687. The van der Waals surface area contributed by atoms with E-state index in [9.17, 15) is 9.90 Å². The number of para-hydroxylation sites is 1. The molecule has 0 heterocycles. The first-order valence-electron chi connectivity index (χ1n) is 9.28. The number of unbranched alkanes of at least 4 members (excludes halogenated alkanes) is 2. The third-order valence-corrected chi connectivity index (χ3v) is 4.65. The molecule has 1 N–H and O–H groups in total. The average Bonchev–Trinajstić information content (AvgIpc) is 2.70. The molecule has 140 valence electrons. The molecule has 1 amide bonds. The van der Waals surface area contributed by atoms with E-state index < -0.39 is 6.10 Å². The number of benzene rings is 2. The van der Waals surface area contributed by atoms with Crippen molar-refractivity contribution in [1.82, 2.24) is 4.90 Å². The summed E-state index contributed by atoms with van der Waals surface area (Å²) in [5.74, 6) is 0.445. The topological polar surface area (TPSA) is 49.8 Å². The van der Waals surface area contributed by atoms with E-state index in [-0.39, 0.29) is 11.9 Å². The molecule has 26 heavy (non-hydrogen) atoms. The molecular weight excluding hydrogens is 326 g/mol. The lowest BCUT2D eigenvalue weighted by Crippen LogP contribution is -2.39. The highest BCUT2D eigenvalue weighted by atomic mass is 16.5. The number of carbonyl (C=O) groups excluding carboxylic acids is 1. The van der Waals surface area contributed by atoms with Gasteiger partial charge in [0.05, 0.1) is 24.3 Å². The van der Waals surface area contributed by atoms with Crippen LogP contribution in [0.25, 0.3) is 0 Å². The van der Waals surface area contributed by atoms with Crippen LogP contribution in [0.4, 0.5) is 0 Å². The number of amides is 1. The van der Waals surface area contributed by atoms with E-state index in [1.165, 1.54) is 0 Å². The van der Waals surface area contributed by atoms with Crippen molar-refractivity contribution in [1.29, 1.82) is 0 Å². The second-order valence-electron chi connectivity index (χ2n) is 6.56. The molecule has 0 bridgehead atoms. The average molecular weight is 355 g/mol. The molecule has 0 saturated carbocycles. The van der Waals surface area contributed by atoms with E-state index in [1.807, 2.05) is 55.5 Å². The molecule has 0 aromatic heterocycles. The van der Waals surface area contributed by atoms with Crippen molar-refractivity contribution in [3.63, 3.8) is 0 Å². The number of hydrogen-bond donors (Lipinski definition) is 1. The minimum absolute atomic E-state index is 0.154. The molecule has 4 heteroatoms. The van der Waals surface area contributed by atoms with Crippen LogP contribution in [-0.2, 0) is 0 Å². The van der Waals surface area contributed by atoms with Gasteiger partial charge in [-0.3, -0.25) is 4.79 Å². The molecule has 2 aromatic rings. The quantitative estimate of drug-likeness (QED) is 0.676. The fraction of sp³-hybridized carbons (Fsp3) is 0.409. The van der Waals surface area contributed by atoms with Crippen molar-refractivity contribution >= 4 is 5.91 Å². The first-order chi connectivity index (χ1) is 12.6. The number of ether oxygens (including phenoxy) is 1. The van der Waals surface area contributed by atoms with Gasteiger partial charge in [-0.25, -0.2) is 0 Å².